The van der Waals surface area contributed by atoms with Crippen molar-refractivity contribution in [1.29, 1.82) is 0 Å². The van der Waals surface area contributed by atoms with Crippen LogP contribution in [-0.4, -0.2) is 65.7 Å². The largest absolute Gasteiger partial charge is 0.303 e. The van der Waals surface area contributed by atoms with Crippen LogP contribution in [0.2, 0.25) is 0 Å². The third-order valence-electron chi connectivity index (χ3n) is 7.48. The topological polar surface area (TPSA) is 86.6 Å². The second kappa shape index (κ2) is 10.4. The van der Waals surface area contributed by atoms with Gasteiger partial charge in [-0.15, -0.1) is 5.10 Å². The molecule has 1 saturated heterocycles. The first kappa shape index (κ1) is 25.0. The quantitative estimate of drug-likeness (QED) is 0.468. The predicted molar refractivity (Wildman–Crippen MR) is 144 cm³/mol. The van der Waals surface area contributed by atoms with Crippen molar-refractivity contribution in [3.63, 3.8) is 0 Å². The van der Waals surface area contributed by atoms with Crippen molar-refractivity contribution in [3.05, 3.63) is 57.3 Å². The van der Waals surface area contributed by atoms with E-state index in [1.807, 2.05) is 23.4 Å². The summed E-state index contributed by atoms with van der Waals surface area (Å²) in [5, 5.41) is 4.88. The summed E-state index contributed by atoms with van der Waals surface area (Å²) in [5.41, 5.74) is 4.39. The molecule has 0 radical (unpaired) electrons. The summed E-state index contributed by atoms with van der Waals surface area (Å²) >= 11 is 0. The Morgan fingerprint density at radius 1 is 1.14 bits per heavy atom. The number of benzene rings is 1. The van der Waals surface area contributed by atoms with Crippen molar-refractivity contribution in [1.82, 2.24) is 28.8 Å². The molecule has 1 aliphatic heterocycles. The number of allylic oxidation sites excluding steroid dienone is 2. The lowest BCUT2D eigenvalue weighted by molar-refractivity contribution is 0.201. The van der Waals surface area contributed by atoms with Crippen LogP contribution in [-0.2, 0) is 17.4 Å². The number of nitrogens with zero attached hydrogens (tertiary/aromatic N) is 5. The number of hydrogen-bond acceptors (Lipinski definition) is 5. The van der Waals surface area contributed by atoms with Crippen LogP contribution in [0.3, 0.4) is 0 Å². The van der Waals surface area contributed by atoms with Gasteiger partial charge in [0.2, 0.25) is 0 Å². The Balaban J connectivity index is 1.59. The van der Waals surface area contributed by atoms with Crippen molar-refractivity contribution in [2.75, 3.05) is 32.7 Å². The fourth-order valence-electron chi connectivity index (χ4n) is 5.27. The van der Waals surface area contributed by atoms with Crippen LogP contribution < -0.4 is 5.56 Å². The van der Waals surface area contributed by atoms with Gasteiger partial charge in [-0.2, -0.15) is 0 Å². The van der Waals surface area contributed by atoms with Crippen LogP contribution in [0.5, 0.6) is 0 Å². The number of nitrogens with one attached hydrogen (secondary N) is 1. The van der Waals surface area contributed by atoms with Gasteiger partial charge in [-0.05, 0) is 50.4 Å². The van der Waals surface area contributed by atoms with Crippen LogP contribution in [0.15, 0.2) is 39.5 Å². The molecule has 0 spiro atoms. The van der Waals surface area contributed by atoms with E-state index < -0.39 is 11.0 Å². The highest BCUT2D eigenvalue weighted by molar-refractivity contribution is 7.82. The second-order valence-corrected chi connectivity index (χ2v) is 11.3. The number of aromatic nitrogens is 4. The molecular formula is C27H36N6O2S. The lowest BCUT2D eigenvalue weighted by Gasteiger charge is -2.33. The number of piperazine rings is 1. The first-order chi connectivity index (χ1) is 17.4. The van der Waals surface area contributed by atoms with Crippen LogP contribution in [0.25, 0.3) is 16.9 Å². The van der Waals surface area contributed by atoms with Gasteiger partial charge >= 0.3 is 0 Å². The minimum absolute atomic E-state index is 0.195. The highest BCUT2D eigenvalue weighted by Gasteiger charge is 2.27. The van der Waals surface area contributed by atoms with Gasteiger partial charge in [0.05, 0.1) is 10.6 Å². The molecule has 2 unspecified atom stereocenters. The lowest BCUT2D eigenvalue weighted by atomic mass is 9.78. The van der Waals surface area contributed by atoms with E-state index >= 15 is 0 Å². The van der Waals surface area contributed by atoms with E-state index in [1.54, 1.807) is 4.52 Å². The molecule has 1 aromatic carbocycles. The Morgan fingerprint density at radius 2 is 1.89 bits per heavy atom. The highest BCUT2D eigenvalue weighted by Crippen LogP contribution is 2.41. The van der Waals surface area contributed by atoms with E-state index in [0.29, 0.717) is 17.0 Å². The summed E-state index contributed by atoms with van der Waals surface area (Å²) in [5.74, 6) is 1.57. The second-order valence-electron chi connectivity index (χ2n) is 9.78. The van der Waals surface area contributed by atoms with Gasteiger partial charge in [-0.1, -0.05) is 38.5 Å². The smallest absolute Gasteiger partial charge is 0.277 e. The Bertz CT molecular complexity index is 1380. The zero-order valence-electron chi connectivity index (χ0n) is 21.7. The zero-order chi connectivity index (χ0) is 25.4. The maximum Gasteiger partial charge on any atom is 0.277 e. The van der Waals surface area contributed by atoms with E-state index in [9.17, 15) is 9.00 Å². The standard InChI is InChI=1S/C27H36N6O2S/c1-5-8-24-28-18(4)25-27(34)29-26(30-33(24)25)23-17-21(9-10-22(23)20-15-19(6-2)16-20)36(35)32-13-11-31(7-3)12-14-32/h9-10,15,17,20H,5-8,11-14,16H2,1-4H3,(H,29,30,34). The van der Waals surface area contributed by atoms with Crippen molar-refractivity contribution >= 4 is 16.5 Å². The van der Waals surface area contributed by atoms with Gasteiger partial charge in [-0.25, -0.2) is 18.0 Å². The summed E-state index contributed by atoms with van der Waals surface area (Å²) in [4.78, 5) is 23.9. The monoisotopic (exact) mass is 508 g/mol. The summed E-state index contributed by atoms with van der Waals surface area (Å²) in [6.45, 7) is 12.7. The molecular weight excluding hydrogens is 472 g/mol. The molecule has 9 heteroatoms. The third kappa shape index (κ3) is 4.60. The van der Waals surface area contributed by atoms with E-state index in [2.05, 4.69) is 47.8 Å². The summed E-state index contributed by atoms with van der Waals surface area (Å²) in [6, 6.07) is 6.04. The molecule has 2 atom stereocenters. The number of aromatic amines is 1. The molecule has 3 heterocycles. The Hall–Kier alpha value is -2.62. The lowest BCUT2D eigenvalue weighted by Crippen LogP contribution is -2.46. The normalized spacial score (nSPS) is 19.9. The molecule has 8 nitrogen and oxygen atoms in total. The van der Waals surface area contributed by atoms with Gasteiger partial charge in [0.1, 0.15) is 16.8 Å². The average Bonchev–Trinajstić information content (AvgIpc) is 3.18. The van der Waals surface area contributed by atoms with Gasteiger partial charge < -0.3 is 9.88 Å². The Morgan fingerprint density at radius 3 is 2.56 bits per heavy atom. The van der Waals surface area contributed by atoms with Gasteiger partial charge in [-0.3, -0.25) is 4.79 Å². The van der Waals surface area contributed by atoms with Crippen molar-refractivity contribution in [2.45, 2.75) is 64.2 Å². The fraction of sp³-hybridized carbons (Fsp3) is 0.519. The van der Waals surface area contributed by atoms with Gasteiger partial charge in [0.15, 0.2) is 11.3 Å². The molecule has 1 fully saturated rings. The van der Waals surface area contributed by atoms with E-state index in [-0.39, 0.29) is 11.5 Å². The zero-order valence-corrected chi connectivity index (χ0v) is 22.5. The number of hydrogen-bond donors (Lipinski definition) is 1. The number of imidazole rings is 1. The fourth-order valence-corrected chi connectivity index (χ4v) is 6.47. The SMILES string of the molecule is CCCc1nc(C)c2c(=O)[nH]c(-c3cc(S(=O)N4CCN(CC)CC4)ccc3C3C=C(CC)C3)nn12. The predicted octanol–water partition coefficient (Wildman–Crippen LogP) is 3.83. The van der Waals surface area contributed by atoms with Crippen LogP contribution in [0.4, 0.5) is 0 Å². The molecule has 3 aromatic rings. The average molecular weight is 509 g/mol. The first-order valence-corrected chi connectivity index (χ1v) is 14.3. The number of fused-ring (bicyclic) bond motifs is 1. The first-order valence-electron chi connectivity index (χ1n) is 13.1. The van der Waals surface area contributed by atoms with Crippen molar-refractivity contribution in [2.24, 2.45) is 0 Å². The van der Waals surface area contributed by atoms with Crippen molar-refractivity contribution < 1.29 is 4.21 Å². The van der Waals surface area contributed by atoms with Gasteiger partial charge in [0, 0.05) is 44.1 Å². The highest BCUT2D eigenvalue weighted by atomic mass is 32.2. The molecule has 0 amide bonds. The third-order valence-corrected chi connectivity index (χ3v) is 8.97. The Labute approximate surface area is 215 Å². The van der Waals surface area contributed by atoms with Gasteiger partial charge in [0.25, 0.3) is 5.56 Å². The Kier molecular flexibility index (Phi) is 7.23. The number of aryl methyl sites for hydroxylation is 2. The molecule has 0 saturated carbocycles. The molecule has 2 aromatic heterocycles. The summed E-state index contributed by atoms with van der Waals surface area (Å²) < 4.78 is 17.3. The molecule has 36 heavy (non-hydrogen) atoms. The van der Waals surface area contributed by atoms with E-state index in [1.165, 1.54) is 5.57 Å². The minimum atomic E-state index is -1.27. The van der Waals surface area contributed by atoms with Crippen LogP contribution in [0, 0.1) is 6.92 Å². The van der Waals surface area contributed by atoms with Crippen LogP contribution in [0.1, 0.15) is 63.0 Å². The summed E-state index contributed by atoms with van der Waals surface area (Å²) in [7, 11) is -1.27. The maximum atomic E-state index is 13.6. The molecule has 1 N–H and O–H groups in total. The number of rotatable bonds is 8. The van der Waals surface area contributed by atoms with Crippen molar-refractivity contribution in [3.8, 4) is 11.4 Å². The molecule has 0 bridgehead atoms. The molecule has 5 rings (SSSR count). The maximum absolute atomic E-state index is 13.6. The van der Waals surface area contributed by atoms with Crippen LogP contribution >= 0.6 is 0 Å². The molecule has 1 aliphatic carbocycles. The minimum Gasteiger partial charge on any atom is -0.303 e. The molecule has 192 valence electrons. The summed E-state index contributed by atoms with van der Waals surface area (Å²) in [6.07, 6.45) is 6.02. The van der Waals surface area contributed by atoms with E-state index in [4.69, 9.17) is 5.10 Å². The molecule has 2 aliphatic rings. The number of H-pyrrole nitrogens is 1. The number of likely N-dealkylation sites (N-methyl/N-ethyl adjacent to an activating group) is 1. The van der Waals surface area contributed by atoms with E-state index in [0.717, 1.165) is 80.3 Å².